The van der Waals surface area contributed by atoms with Crippen LogP contribution in [0.25, 0.3) is 0 Å². The number of rotatable bonds is 2. The van der Waals surface area contributed by atoms with E-state index in [9.17, 15) is 4.39 Å². The lowest BCUT2D eigenvalue weighted by Crippen LogP contribution is -1.97. The second-order valence-corrected chi connectivity index (χ2v) is 3.48. The molecule has 2 aromatic rings. The minimum atomic E-state index is -0.390. The van der Waals surface area contributed by atoms with Crippen LogP contribution in [0.1, 0.15) is 0 Å². The summed E-state index contributed by atoms with van der Waals surface area (Å²) in [6, 6.07) is 4.04. The van der Waals surface area contributed by atoms with Crippen molar-refractivity contribution in [3.8, 4) is 0 Å². The van der Waals surface area contributed by atoms with Crippen LogP contribution in [-0.2, 0) is 0 Å². The van der Waals surface area contributed by atoms with Crippen molar-refractivity contribution >= 4 is 28.9 Å². The summed E-state index contributed by atoms with van der Waals surface area (Å²) in [6.45, 7) is 0. The number of nitrogens with two attached hydrogens (primary N) is 1. The van der Waals surface area contributed by atoms with E-state index < -0.39 is 0 Å². The van der Waals surface area contributed by atoms with Crippen molar-refractivity contribution in [1.82, 2.24) is 9.97 Å². The molecule has 0 spiro atoms. The maximum atomic E-state index is 12.8. The van der Waals surface area contributed by atoms with Crippen LogP contribution in [-0.4, -0.2) is 9.97 Å². The molecule has 0 amide bonds. The van der Waals surface area contributed by atoms with E-state index in [-0.39, 0.29) is 10.8 Å². The molecule has 0 radical (unpaired) electrons. The van der Waals surface area contributed by atoms with Gasteiger partial charge in [0.1, 0.15) is 17.5 Å². The Morgan fingerprint density at radius 2 is 2.06 bits per heavy atom. The van der Waals surface area contributed by atoms with Gasteiger partial charge in [0.25, 0.3) is 0 Å². The molecule has 1 aromatic carbocycles. The number of nitrogens with one attached hydrogen (secondary N) is 1. The fourth-order valence-corrected chi connectivity index (χ4v) is 1.35. The fourth-order valence-electron chi connectivity index (χ4n) is 1.13. The summed E-state index contributed by atoms with van der Waals surface area (Å²) in [7, 11) is 0. The second kappa shape index (κ2) is 4.32. The number of anilines is 3. The Kier molecular flexibility index (Phi) is 2.87. The average molecular weight is 239 g/mol. The molecule has 0 fully saturated rings. The predicted molar refractivity (Wildman–Crippen MR) is 61.1 cm³/mol. The zero-order chi connectivity index (χ0) is 11.5. The molecule has 0 saturated heterocycles. The van der Waals surface area contributed by atoms with E-state index in [1.54, 1.807) is 0 Å². The highest BCUT2D eigenvalue weighted by molar-refractivity contribution is 6.33. The van der Waals surface area contributed by atoms with Crippen molar-refractivity contribution in [3.05, 3.63) is 41.4 Å². The number of hydrogen-bond donors (Lipinski definition) is 2. The molecule has 2 rings (SSSR count). The van der Waals surface area contributed by atoms with E-state index in [1.165, 1.54) is 30.6 Å². The van der Waals surface area contributed by atoms with Crippen LogP contribution in [0.15, 0.2) is 30.6 Å². The van der Waals surface area contributed by atoms with Gasteiger partial charge in [-0.25, -0.2) is 14.4 Å². The summed E-state index contributed by atoms with van der Waals surface area (Å²) >= 11 is 5.84. The summed E-state index contributed by atoms with van der Waals surface area (Å²) in [5.41, 5.74) is 5.95. The van der Waals surface area contributed by atoms with Gasteiger partial charge >= 0.3 is 0 Å². The zero-order valence-corrected chi connectivity index (χ0v) is 8.87. The molecule has 0 aliphatic heterocycles. The Bertz CT molecular complexity index is 501. The standard InChI is InChI=1S/C10H8ClFN4/c11-7-3-6(12)1-2-8(7)16-10-5-14-9(13)4-15-10/h1-5H,(H2,13,14)(H,15,16). The van der Waals surface area contributed by atoms with E-state index in [0.717, 1.165) is 0 Å². The van der Waals surface area contributed by atoms with Gasteiger partial charge in [0, 0.05) is 0 Å². The molecule has 1 heterocycles. The first-order valence-electron chi connectivity index (χ1n) is 4.45. The third-order valence-corrected chi connectivity index (χ3v) is 2.18. The quantitative estimate of drug-likeness (QED) is 0.844. The number of benzene rings is 1. The monoisotopic (exact) mass is 238 g/mol. The van der Waals surface area contributed by atoms with Crippen molar-refractivity contribution in [2.45, 2.75) is 0 Å². The molecular weight excluding hydrogens is 231 g/mol. The molecule has 0 bridgehead atoms. The lowest BCUT2D eigenvalue weighted by molar-refractivity contribution is 0.628. The first-order valence-corrected chi connectivity index (χ1v) is 4.82. The second-order valence-electron chi connectivity index (χ2n) is 3.08. The van der Waals surface area contributed by atoms with Crippen LogP contribution < -0.4 is 11.1 Å². The smallest absolute Gasteiger partial charge is 0.149 e. The molecule has 16 heavy (non-hydrogen) atoms. The number of halogens is 2. The molecule has 0 unspecified atom stereocenters. The number of nitrogens with zero attached hydrogens (tertiary/aromatic N) is 2. The van der Waals surface area contributed by atoms with Crippen LogP contribution in [0.4, 0.5) is 21.7 Å². The van der Waals surface area contributed by atoms with E-state index in [1.807, 2.05) is 0 Å². The van der Waals surface area contributed by atoms with E-state index in [2.05, 4.69) is 15.3 Å². The predicted octanol–water partition coefficient (Wildman–Crippen LogP) is 2.59. The van der Waals surface area contributed by atoms with Gasteiger partial charge in [-0.1, -0.05) is 11.6 Å². The summed E-state index contributed by atoms with van der Waals surface area (Å²) < 4.78 is 12.8. The lowest BCUT2D eigenvalue weighted by Gasteiger charge is -2.06. The highest BCUT2D eigenvalue weighted by atomic mass is 35.5. The molecule has 3 N–H and O–H groups in total. The van der Waals surface area contributed by atoms with Gasteiger partial charge in [-0.15, -0.1) is 0 Å². The number of nitrogen functional groups attached to an aromatic ring is 1. The van der Waals surface area contributed by atoms with Gasteiger partial charge in [-0.2, -0.15) is 0 Å². The van der Waals surface area contributed by atoms with Gasteiger partial charge in [-0.3, -0.25) is 0 Å². The van der Waals surface area contributed by atoms with Crippen LogP contribution in [0.2, 0.25) is 5.02 Å². The molecule has 4 nitrogen and oxygen atoms in total. The largest absolute Gasteiger partial charge is 0.382 e. The average Bonchev–Trinajstić information content (AvgIpc) is 2.25. The summed E-state index contributed by atoms with van der Waals surface area (Å²) in [4.78, 5) is 7.84. The van der Waals surface area contributed by atoms with Crippen molar-refractivity contribution in [1.29, 1.82) is 0 Å². The molecule has 0 atom stereocenters. The molecule has 0 aliphatic carbocycles. The molecule has 82 valence electrons. The van der Waals surface area contributed by atoms with Crippen molar-refractivity contribution in [2.24, 2.45) is 0 Å². The maximum Gasteiger partial charge on any atom is 0.149 e. The van der Waals surface area contributed by atoms with Gasteiger partial charge in [0.2, 0.25) is 0 Å². The van der Waals surface area contributed by atoms with Gasteiger partial charge < -0.3 is 11.1 Å². The summed E-state index contributed by atoms with van der Waals surface area (Å²) in [5.74, 6) is 0.428. The van der Waals surface area contributed by atoms with Gasteiger partial charge in [-0.05, 0) is 18.2 Å². The normalized spacial score (nSPS) is 10.1. The SMILES string of the molecule is Nc1cnc(Nc2ccc(F)cc2Cl)cn1. The molecular formula is C10H8ClFN4. The van der Waals surface area contributed by atoms with Crippen molar-refractivity contribution < 1.29 is 4.39 Å². The minimum absolute atomic E-state index is 0.277. The molecule has 6 heteroatoms. The topological polar surface area (TPSA) is 63.8 Å². The van der Waals surface area contributed by atoms with E-state index in [0.29, 0.717) is 17.3 Å². The number of hydrogen-bond acceptors (Lipinski definition) is 4. The minimum Gasteiger partial charge on any atom is -0.382 e. The Morgan fingerprint density at radius 1 is 1.25 bits per heavy atom. The Labute approximate surface area is 96.3 Å². The van der Waals surface area contributed by atoms with E-state index >= 15 is 0 Å². The van der Waals surface area contributed by atoms with E-state index in [4.69, 9.17) is 17.3 Å². The molecule has 0 aliphatic rings. The van der Waals surface area contributed by atoms with Crippen molar-refractivity contribution in [3.63, 3.8) is 0 Å². The van der Waals surface area contributed by atoms with Crippen LogP contribution in [0, 0.1) is 5.82 Å². The summed E-state index contributed by atoms with van der Waals surface area (Å²) in [6.07, 6.45) is 2.88. The zero-order valence-electron chi connectivity index (χ0n) is 8.11. The Hall–Kier alpha value is -1.88. The molecule has 1 aromatic heterocycles. The highest BCUT2D eigenvalue weighted by Gasteiger charge is 2.03. The first kappa shape index (κ1) is 10.6. The first-order chi connectivity index (χ1) is 7.65. The Balaban J connectivity index is 2.23. The third kappa shape index (κ3) is 2.38. The molecule has 0 saturated carbocycles. The highest BCUT2D eigenvalue weighted by Crippen LogP contribution is 2.24. The number of aromatic nitrogens is 2. The third-order valence-electron chi connectivity index (χ3n) is 1.87. The van der Waals surface area contributed by atoms with Crippen LogP contribution in [0.3, 0.4) is 0 Å². The van der Waals surface area contributed by atoms with Crippen LogP contribution >= 0.6 is 11.6 Å². The summed E-state index contributed by atoms with van der Waals surface area (Å²) in [5, 5.41) is 3.18. The van der Waals surface area contributed by atoms with Gasteiger partial charge in [0.05, 0.1) is 23.1 Å². The van der Waals surface area contributed by atoms with Crippen LogP contribution in [0.5, 0.6) is 0 Å². The maximum absolute atomic E-state index is 12.8. The lowest BCUT2D eigenvalue weighted by atomic mass is 10.3. The fraction of sp³-hybridized carbons (Fsp3) is 0. The van der Waals surface area contributed by atoms with Crippen molar-refractivity contribution in [2.75, 3.05) is 11.1 Å². The van der Waals surface area contributed by atoms with Gasteiger partial charge in [0.15, 0.2) is 0 Å². The Morgan fingerprint density at radius 3 is 2.69 bits per heavy atom.